The fourth-order valence-corrected chi connectivity index (χ4v) is 1.02. The van der Waals surface area contributed by atoms with Crippen molar-refractivity contribution >= 4 is 0 Å². The maximum atomic E-state index is 9.59. The van der Waals surface area contributed by atoms with Gasteiger partial charge in [0.1, 0.15) is 0 Å². The van der Waals surface area contributed by atoms with Crippen LogP contribution in [0.3, 0.4) is 0 Å². The lowest BCUT2D eigenvalue weighted by molar-refractivity contribution is 0.682. The van der Waals surface area contributed by atoms with Gasteiger partial charge in [-0.3, -0.25) is 0 Å². The Morgan fingerprint density at radius 3 is 2.75 bits per heavy atom. The van der Waals surface area contributed by atoms with E-state index in [-0.39, 0.29) is 0 Å². The number of nitrogens with zero attached hydrogens (tertiary/aromatic N) is 1. The molecule has 2 unspecified atom stereocenters. The second-order valence-electron chi connectivity index (χ2n) is 2.61. The molecule has 0 heterocycles. The second kappa shape index (κ2) is 2.25. The molecule has 1 saturated carbocycles. The fraction of sp³-hybridized carbons (Fsp3) is 1.00. The quantitative estimate of drug-likeness (QED) is 0.513. The van der Waals surface area contributed by atoms with Crippen molar-refractivity contribution in [3.05, 3.63) is 4.91 Å². The SMILES string of the molecule is CC1CC1CCN=O. The minimum absolute atomic E-state index is 0.523. The average molecular weight is 113 g/mol. The van der Waals surface area contributed by atoms with Crippen LogP contribution >= 0.6 is 0 Å². The summed E-state index contributed by atoms with van der Waals surface area (Å²) in [6, 6.07) is 0. The zero-order valence-corrected chi connectivity index (χ0v) is 5.13. The van der Waals surface area contributed by atoms with Crippen LogP contribution in [-0.2, 0) is 0 Å². The van der Waals surface area contributed by atoms with Gasteiger partial charge in [-0.25, -0.2) is 0 Å². The normalized spacial score (nSPS) is 34.6. The van der Waals surface area contributed by atoms with Crippen LogP contribution in [0.15, 0.2) is 5.18 Å². The maximum absolute atomic E-state index is 9.59. The fourth-order valence-electron chi connectivity index (χ4n) is 1.02. The van der Waals surface area contributed by atoms with Gasteiger partial charge in [0.05, 0.1) is 6.54 Å². The first kappa shape index (κ1) is 5.73. The molecule has 0 aliphatic heterocycles. The minimum Gasteiger partial charge on any atom is -0.151 e. The van der Waals surface area contributed by atoms with Crippen LogP contribution in [0.4, 0.5) is 0 Å². The topological polar surface area (TPSA) is 29.4 Å². The summed E-state index contributed by atoms with van der Waals surface area (Å²) < 4.78 is 0. The van der Waals surface area contributed by atoms with Crippen LogP contribution in [0, 0.1) is 16.7 Å². The summed E-state index contributed by atoms with van der Waals surface area (Å²) in [6.07, 6.45) is 2.33. The highest BCUT2D eigenvalue weighted by Gasteiger charge is 2.31. The van der Waals surface area contributed by atoms with Crippen molar-refractivity contribution in [1.29, 1.82) is 0 Å². The van der Waals surface area contributed by atoms with E-state index >= 15 is 0 Å². The molecule has 0 spiro atoms. The van der Waals surface area contributed by atoms with Gasteiger partial charge in [0, 0.05) is 0 Å². The molecule has 0 bridgehead atoms. The number of rotatable bonds is 3. The molecule has 1 aliphatic carbocycles. The van der Waals surface area contributed by atoms with Crippen molar-refractivity contribution in [2.24, 2.45) is 17.0 Å². The van der Waals surface area contributed by atoms with Gasteiger partial charge in [-0.2, -0.15) is 4.91 Å². The van der Waals surface area contributed by atoms with E-state index < -0.39 is 0 Å². The lowest BCUT2D eigenvalue weighted by Gasteiger charge is -1.85. The molecule has 0 N–H and O–H groups in total. The number of nitroso groups, excluding NO2 is 1. The Morgan fingerprint density at radius 1 is 1.75 bits per heavy atom. The van der Waals surface area contributed by atoms with E-state index in [1.807, 2.05) is 0 Å². The molecule has 0 amide bonds. The van der Waals surface area contributed by atoms with E-state index in [1.54, 1.807) is 0 Å². The summed E-state index contributed by atoms with van der Waals surface area (Å²) >= 11 is 0. The number of hydrogen-bond acceptors (Lipinski definition) is 2. The molecule has 1 fully saturated rings. The van der Waals surface area contributed by atoms with Gasteiger partial charge in [0.15, 0.2) is 0 Å². The Balaban J connectivity index is 1.97. The van der Waals surface area contributed by atoms with Gasteiger partial charge >= 0.3 is 0 Å². The van der Waals surface area contributed by atoms with Crippen LogP contribution in [-0.4, -0.2) is 6.54 Å². The zero-order chi connectivity index (χ0) is 5.98. The molecular formula is C6H11NO. The Bertz CT molecular complexity index is 92.5. The second-order valence-corrected chi connectivity index (χ2v) is 2.61. The standard InChI is InChI=1S/C6H11NO/c1-5-4-6(5)2-3-7-8/h5-6H,2-4H2,1H3. The van der Waals surface area contributed by atoms with E-state index in [4.69, 9.17) is 0 Å². The highest BCUT2D eigenvalue weighted by atomic mass is 16.3. The van der Waals surface area contributed by atoms with Gasteiger partial charge in [-0.1, -0.05) is 12.1 Å². The third-order valence-electron chi connectivity index (χ3n) is 1.87. The monoisotopic (exact) mass is 113 g/mol. The Morgan fingerprint density at radius 2 is 2.38 bits per heavy atom. The van der Waals surface area contributed by atoms with Crippen LogP contribution < -0.4 is 0 Å². The van der Waals surface area contributed by atoms with Gasteiger partial charge in [0.25, 0.3) is 0 Å². The molecule has 1 rings (SSSR count). The van der Waals surface area contributed by atoms with Crippen molar-refractivity contribution in [1.82, 2.24) is 0 Å². The van der Waals surface area contributed by atoms with E-state index in [1.165, 1.54) is 6.42 Å². The van der Waals surface area contributed by atoms with Crippen LogP contribution in [0.25, 0.3) is 0 Å². The lowest BCUT2D eigenvalue weighted by Crippen LogP contribution is -1.82. The first-order valence-electron chi connectivity index (χ1n) is 3.13. The van der Waals surface area contributed by atoms with Gasteiger partial charge in [0.2, 0.25) is 0 Å². The van der Waals surface area contributed by atoms with Gasteiger partial charge in [-0.15, -0.1) is 0 Å². The third-order valence-corrected chi connectivity index (χ3v) is 1.87. The zero-order valence-electron chi connectivity index (χ0n) is 5.13. The third kappa shape index (κ3) is 1.29. The first-order valence-corrected chi connectivity index (χ1v) is 3.13. The Labute approximate surface area is 49.3 Å². The summed E-state index contributed by atoms with van der Waals surface area (Å²) in [7, 11) is 0. The molecule has 2 atom stereocenters. The van der Waals surface area contributed by atoms with E-state index in [9.17, 15) is 4.91 Å². The summed E-state index contributed by atoms with van der Waals surface area (Å²) in [5.74, 6) is 1.70. The van der Waals surface area contributed by atoms with Crippen molar-refractivity contribution in [2.45, 2.75) is 19.8 Å². The molecule has 2 heteroatoms. The summed E-state index contributed by atoms with van der Waals surface area (Å²) in [5.41, 5.74) is 0. The molecule has 0 aromatic carbocycles. The predicted octanol–water partition coefficient (Wildman–Crippen LogP) is 1.80. The summed E-state index contributed by atoms with van der Waals surface area (Å²) in [6.45, 7) is 2.74. The predicted molar refractivity (Wildman–Crippen MR) is 32.5 cm³/mol. The Hall–Kier alpha value is -0.400. The van der Waals surface area contributed by atoms with Crippen molar-refractivity contribution in [3.8, 4) is 0 Å². The molecule has 0 aromatic rings. The molecule has 8 heavy (non-hydrogen) atoms. The van der Waals surface area contributed by atoms with Crippen molar-refractivity contribution in [2.75, 3.05) is 6.54 Å². The smallest absolute Gasteiger partial charge is 0.0813 e. The van der Waals surface area contributed by atoms with Gasteiger partial charge < -0.3 is 0 Å². The summed E-state index contributed by atoms with van der Waals surface area (Å²) in [4.78, 5) is 9.59. The van der Waals surface area contributed by atoms with E-state index in [0.29, 0.717) is 6.54 Å². The highest BCUT2D eigenvalue weighted by molar-refractivity contribution is 4.82. The molecule has 0 radical (unpaired) electrons. The van der Waals surface area contributed by atoms with E-state index in [0.717, 1.165) is 18.3 Å². The van der Waals surface area contributed by atoms with Gasteiger partial charge in [-0.05, 0) is 24.7 Å². The molecule has 2 nitrogen and oxygen atoms in total. The molecular weight excluding hydrogens is 102 g/mol. The van der Waals surface area contributed by atoms with Crippen LogP contribution in [0.1, 0.15) is 19.8 Å². The van der Waals surface area contributed by atoms with Crippen LogP contribution in [0.2, 0.25) is 0 Å². The van der Waals surface area contributed by atoms with Crippen LogP contribution in [0.5, 0.6) is 0 Å². The lowest BCUT2D eigenvalue weighted by atomic mass is 10.2. The average Bonchev–Trinajstić information content (AvgIpc) is 2.42. The maximum Gasteiger partial charge on any atom is 0.0813 e. The van der Waals surface area contributed by atoms with Crippen molar-refractivity contribution < 1.29 is 0 Å². The molecule has 46 valence electrons. The van der Waals surface area contributed by atoms with E-state index in [2.05, 4.69) is 12.1 Å². The Kier molecular flexibility index (Phi) is 1.61. The van der Waals surface area contributed by atoms with Crippen molar-refractivity contribution in [3.63, 3.8) is 0 Å². The highest BCUT2D eigenvalue weighted by Crippen LogP contribution is 2.40. The summed E-state index contributed by atoms with van der Waals surface area (Å²) in [5, 5.41) is 2.80. The first-order chi connectivity index (χ1) is 3.84. The molecule has 0 aromatic heterocycles. The molecule has 1 aliphatic rings. The number of hydrogen-bond donors (Lipinski definition) is 0. The molecule has 0 saturated heterocycles. The minimum atomic E-state index is 0.523. The largest absolute Gasteiger partial charge is 0.151 e.